The summed E-state index contributed by atoms with van der Waals surface area (Å²) in [5, 5.41) is 0. The molecule has 5 nitrogen and oxygen atoms in total. The molecule has 0 saturated heterocycles. The molecular weight excluding hydrogens is 272 g/mol. The number of nitrogens with two attached hydrogens (primary N) is 1. The molecule has 0 spiro atoms. The molecule has 0 aliphatic heterocycles. The number of nitrogens with one attached hydrogen (secondary N) is 1. The summed E-state index contributed by atoms with van der Waals surface area (Å²) in [5.74, 6) is 6.52. The lowest BCUT2D eigenvalue weighted by Crippen LogP contribution is -2.30. The van der Waals surface area contributed by atoms with E-state index in [-0.39, 0.29) is 6.04 Å². The van der Waals surface area contributed by atoms with E-state index in [1.807, 2.05) is 23.9 Å². The minimum atomic E-state index is -0.0192. The summed E-state index contributed by atoms with van der Waals surface area (Å²) in [6.45, 7) is 0. The number of nitrogens with zero attached hydrogens (tertiary/aromatic N) is 2. The number of furan rings is 1. The number of aromatic nitrogens is 2. The van der Waals surface area contributed by atoms with Crippen molar-refractivity contribution in [1.29, 1.82) is 0 Å². The molecule has 2 heterocycles. The van der Waals surface area contributed by atoms with Gasteiger partial charge in [-0.05, 0) is 22.0 Å². The largest absolute Gasteiger partial charge is 0.457 e. The van der Waals surface area contributed by atoms with Crippen LogP contribution in [0, 0.1) is 0 Å². The fourth-order valence-corrected chi connectivity index (χ4v) is 2.10. The molecule has 6 heteroatoms. The third kappa shape index (κ3) is 2.18. The fraction of sp³-hybridized carbons (Fsp3) is 0.300. The van der Waals surface area contributed by atoms with Gasteiger partial charge in [0, 0.05) is 31.4 Å². The summed E-state index contributed by atoms with van der Waals surface area (Å²) in [6.07, 6.45) is 6.01. The monoisotopic (exact) mass is 284 g/mol. The Morgan fingerprint density at radius 3 is 3.00 bits per heavy atom. The van der Waals surface area contributed by atoms with Crippen LogP contribution in [0.1, 0.15) is 17.4 Å². The van der Waals surface area contributed by atoms with Crippen molar-refractivity contribution >= 4 is 15.9 Å². The van der Waals surface area contributed by atoms with Crippen molar-refractivity contribution < 1.29 is 4.42 Å². The van der Waals surface area contributed by atoms with Crippen molar-refractivity contribution in [2.45, 2.75) is 12.5 Å². The third-order valence-electron chi connectivity index (χ3n) is 2.53. The van der Waals surface area contributed by atoms with Gasteiger partial charge in [0.15, 0.2) is 4.67 Å². The van der Waals surface area contributed by atoms with Crippen molar-refractivity contribution in [3.8, 4) is 0 Å². The molecule has 0 bridgehead atoms. The molecule has 3 N–H and O–H groups in total. The van der Waals surface area contributed by atoms with Crippen LogP contribution < -0.4 is 11.3 Å². The highest BCUT2D eigenvalue weighted by Crippen LogP contribution is 2.26. The average molecular weight is 285 g/mol. The van der Waals surface area contributed by atoms with Gasteiger partial charge in [-0.2, -0.15) is 0 Å². The lowest BCUT2D eigenvalue weighted by atomic mass is 10.1. The van der Waals surface area contributed by atoms with Gasteiger partial charge in [0.1, 0.15) is 5.82 Å². The Morgan fingerprint density at radius 1 is 1.69 bits per heavy atom. The third-order valence-corrected chi connectivity index (χ3v) is 3.18. The number of rotatable bonds is 4. The topological polar surface area (TPSA) is 69.0 Å². The second-order valence-corrected chi connectivity index (χ2v) is 4.25. The second-order valence-electron chi connectivity index (χ2n) is 3.53. The van der Waals surface area contributed by atoms with Crippen molar-refractivity contribution in [1.82, 2.24) is 15.0 Å². The molecule has 0 radical (unpaired) electrons. The Bertz CT molecular complexity index is 465. The Balaban J connectivity index is 2.19. The molecule has 86 valence electrons. The van der Waals surface area contributed by atoms with Crippen molar-refractivity contribution in [3.05, 3.63) is 40.8 Å². The van der Waals surface area contributed by atoms with Crippen LogP contribution in [0.2, 0.25) is 0 Å². The summed E-state index contributed by atoms with van der Waals surface area (Å²) in [5.41, 5.74) is 3.76. The molecule has 0 aliphatic carbocycles. The summed E-state index contributed by atoms with van der Waals surface area (Å²) < 4.78 is 7.86. The molecule has 2 aromatic heterocycles. The Labute approximate surface area is 102 Å². The van der Waals surface area contributed by atoms with E-state index in [0.29, 0.717) is 11.1 Å². The Hall–Kier alpha value is -1.11. The molecular formula is C10H13BrN4O. The van der Waals surface area contributed by atoms with Gasteiger partial charge < -0.3 is 8.98 Å². The van der Waals surface area contributed by atoms with Crippen LogP contribution in [0.5, 0.6) is 0 Å². The van der Waals surface area contributed by atoms with Gasteiger partial charge in [-0.1, -0.05) is 0 Å². The number of halogens is 1. The molecule has 0 saturated carbocycles. The van der Waals surface area contributed by atoms with Crippen LogP contribution in [0.4, 0.5) is 0 Å². The Kier molecular flexibility index (Phi) is 3.42. The summed E-state index contributed by atoms with van der Waals surface area (Å²) in [6, 6.07) is 1.87. The van der Waals surface area contributed by atoms with Crippen LogP contribution in [0.3, 0.4) is 0 Å². The molecule has 0 aliphatic rings. The number of hydrazine groups is 1. The SMILES string of the molecule is Cn1ccnc1CC(NN)c1ccoc1Br. The van der Waals surface area contributed by atoms with Gasteiger partial charge in [-0.25, -0.2) is 4.98 Å². The fourth-order valence-electron chi connectivity index (χ4n) is 1.59. The van der Waals surface area contributed by atoms with Crippen LogP contribution >= 0.6 is 15.9 Å². The minimum absolute atomic E-state index is 0.0192. The Morgan fingerprint density at radius 2 is 2.50 bits per heavy atom. The molecule has 2 rings (SSSR count). The van der Waals surface area contributed by atoms with E-state index in [0.717, 1.165) is 11.4 Å². The normalized spacial score (nSPS) is 12.9. The minimum Gasteiger partial charge on any atom is -0.457 e. The maximum Gasteiger partial charge on any atom is 0.173 e. The highest BCUT2D eigenvalue weighted by molar-refractivity contribution is 9.10. The summed E-state index contributed by atoms with van der Waals surface area (Å²) in [4.78, 5) is 4.26. The smallest absolute Gasteiger partial charge is 0.173 e. The van der Waals surface area contributed by atoms with E-state index in [2.05, 4.69) is 26.3 Å². The molecule has 1 atom stereocenters. The second kappa shape index (κ2) is 4.82. The molecule has 2 aromatic rings. The van der Waals surface area contributed by atoms with Crippen molar-refractivity contribution in [2.24, 2.45) is 12.9 Å². The molecule has 0 aromatic carbocycles. The summed E-state index contributed by atoms with van der Waals surface area (Å²) in [7, 11) is 1.96. The molecule has 1 unspecified atom stereocenters. The first-order valence-electron chi connectivity index (χ1n) is 4.87. The molecule has 16 heavy (non-hydrogen) atoms. The van der Waals surface area contributed by atoms with E-state index in [1.165, 1.54) is 0 Å². The van der Waals surface area contributed by atoms with E-state index in [1.54, 1.807) is 12.5 Å². The quantitative estimate of drug-likeness (QED) is 0.660. The number of hydrogen-bond acceptors (Lipinski definition) is 4. The number of hydrogen-bond donors (Lipinski definition) is 2. The lowest BCUT2D eigenvalue weighted by molar-refractivity contribution is 0.497. The van der Waals surface area contributed by atoms with E-state index >= 15 is 0 Å². The summed E-state index contributed by atoms with van der Waals surface area (Å²) >= 11 is 3.34. The predicted octanol–water partition coefficient (Wildman–Crippen LogP) is 1.52. The maximum atomic E-state index is 5.55. The highest BCUT2D eigenvalue weighted by atomic mass is 79.9. The zero-order chi connectivity index (χ0) is 11.5. The lowest BCUT2D eigenvalue weighted by Gasteiger charge is -2.14. The highest BCUT2D eigenvalue weighted by Gasteiger charge is 2.17. The van der Waals surface area contributed by atoms with Gasteiger partial charge in [0.05, 0.1) is 12.3 Å². The first-order chi connectivity index (χ1) is 7.72. The first kappa shape index (κ1) is 11.4. The van der Waals surface area contributed by atoms with Gasteiger partial charge in [-0.3, -0.25) is 11.3 Å². The maximum absolute atomic E-state index is 5.55. The van der Waals surface area contributed by atoms with E-state index in [4.69, 9.17) is 10.3 Å². The van der Waals surface area contributed by atoms with Crippen LogP contribution in [0.25, 0.3) is 0 Å². The van der Waals surface area contributed by atoms with Crippen molar-refractivity contribution in [2.75, 3.05) is 0 Å². The van der Waals surface area contributed by atoms with Crippen LogP contribution in [-0.2, 0) is 13.5 Å². The van der Waals surface area contributed by atoms with Gasteiger partial charge in [-0.15, -0.1) is 0 Å². The first-order valence-corrected chi connectivity index (χ1v) is 5.67. The standard InChI is InChI=1S/C10H13BrN4O/c1-15-4-3-13-9(15)6-8(14-12)7-2-5-16-10(7)11/h2-5,8,14H,6,12H2,1H3. The zero-order valence-corrected chi connectivity index (χ0v) is 10.4. The molecule has 0 amide bonds. The average Bonchev–Trinajstić information content (AvgIpc) is 2.85. The zero-order valence-electron chi connectivity index (χ0n) is 8.85. The number of aryl methyl sites for hydroxylation is 1. The van der Waals surface area contributed by atoms with E-state index < -0.39 is 0 Å². The predicted molar refractivity (Wildman–Crippen MR) is 63.4 cm³/mol. The van der Waals surface area contributed by atoms with E-state index in [9.17, 15) is 0 Å². The molecule has 0 fully saturated rings. The van der Waals surface area contributed by atoms with Crippen LogP contribution in [0.15, 0.2) is 33.8 Å². The van der Waals surface area contributed by atoms with Crippen molar-refractivity contribution in [3.63, 3.8) is 0 Å². The van der Waals surface area contributed by atoms with Crippen LogP contribution in [-0.4, -0.2) is 9.55 Å². The van der Waals surface area contributed by atoms with Gasteiger partial charge >= 0.3 is 0 Å². The number of imidazole rings is 1. The van der Waals surface area contributed by atoms with Gasteiger partial charge in [0.25, 0.3) is 0 Å². The van der Waals surface area contributed by atoms with Gasteiger partial charge in [0.2, 0.25) is 0 Å².